The smallest absolute Gasteiger partial charge is 0.340 e. The van der Waals surface area contributed by atoms with Crippen LogP contribution in [0.25, 0.3) is 21.9 Å². The number of pyridine rings is 1. The summed E-state index contributed by atoms with van der Waals surface area (Å²) >= 11 is 0. The lowest BCUT2D eigenvalue weighted by molar-refractivity contribution is -0.116. The number of esters is 1. The van der Waals surface area contributed by atoms with Crippen LogP contribution in [0.15, 0.2) is 42.7 Å². The van der Waals surface area contributed by atoms with E-state index < -0.39 is 5.97 Å². The predicted octanol–water partition coefficient (Wildman–Crippen LogP) is 2.66. The first-order chi connectivity index (χ1) is 13.5. The highest BCUT2D eigenvalue weighted by atomic mass is 16.5. The van der Waals surface area contributed by atoms with Crippen LogP contribution in [0.4, 0.5) is 5.69 Å². The number of fused-ring (bicyclic) bond motifs is 2. The number of hydrogen-bond donors (Lipinski definition) is 1. The summed E-state index contributed by atoms with van der Waals surface area (Å²) in [6, 6.07) is 9.26. The molecule has 1 aromatic carbocycles. The Morgan fingerprint density at radius 3 is 2.79 bits per heavy atom. The number of aromatic nitrogens is 4. The van der Waals surface area contributed by atoms with Crippen LogP contribution in [0.1, 0.15) is 16.1 Å². The molecule has 4 rings (SSSR count). The van der Waals surface area contributed by atoms with Crippen molar-refractivity contribution in [1.29, 1.82) is 0 Å². The Kier molecular flexibility index (Phi) is 4.31. The van der Waals surface area contributed by atoms with E-state index in [1.54, 1.807) is 21.6 Å². The number of rotatable bonds is 4. The maximum Gasteiger partial charge on any atom is 0.340 e. The van der Waals surface area contributed by atoms with Gasteiger partial charge in [-0.3, -0.25) is 9.48 Å². The van der Waals surface area contributed by atoms with E-state index >= 15 is 0 Å². The Balaban J connectivity index is 1.61. The maximum absolute atomic E-state index is 12.6. The molecule has 28 heavy (non-hydrogen) atoms. The van der Waals surface area contributed by atoms with Gasteiger partial charge in [0.25, 0.3) is 0 Å². The second-order valence-electron chi connectivity index (χ2n) is 6.53. The molecule has 0 atom stereocenters. The van der Waals surface area contributed by atoms with Crippen LogP contribution < -0.4 is 5.32 Å². The van der Waals surface area contributed by atoms with Gasteiger partial charge in [0.05, 0.1) is 30.3 Å². The highest BCUT2D eigenvalue weighted by Gasteiger charge is 2.17. The average molecular weight is 377 g/mol. The van der Waals surface area contributed by atoms with Gasteiger partial charge in [-0.15, -0.1) is 0 Å². The molecular weight excluding hydrogens is 358 g/mol. The molecule has 0 saturated heterocycles. The number of hydrogen-bond acceptors (Lipinski definition) is 5. The lowest BCUT2D eigenvalue weighted by Gasteiger charge is -2.07. The molecule has 0 aliphatic heterocycles. The van der Waals surface area contributed by atoms with Gasteiger partial charge >= 0.3 is 5.97 Å². The molecule has 142 valence electrons. The van der Waals surface area contributed by atoms with Gasteiger partial charge in [0, 0.05) is 29.5 Å². The molecular formula is C20H19N5O3. The second-order valence-corrected chi connectivity index (χ2v) is 6.53. The molecule has 4 aromatic rings. The molecule has 1 N–H and O–H groups in total. The summed E-state index contributed by atoms with van der Waals surface area (Å²) in [6.07, 6.45) is 3.25. The average Bonchev–Trinajstić information content (AvgIpc) is 3.19. The van der Waals surface area contributed by atoms with Crippen LogP contribution in [0.3, 0.4) is 0 Å². The molecule has 0 unspecified atom stereocenters. The van der Waals surface area contributed by atoms with Crippen LogP contribution in [-0.4, -0.2) is 38.3 Å². The summed E-state index contributed by atoms with van der Waals surface area (Å²) in [4.78, 5) is 29.0. The topological polar surface area (TPSA) is 91.0 Å². The van der Waals surface area contributed by atoms with Gasteiger partial charge in [-0.1, -0.05) is 18.2 Å². The number of methoxy groups -OCH3 is 1. The van der Waals surface area contributed by atoms with E-state index in [2.05, 4.69) is 15.4 Å². The maximum atomic E-state index is 12.6. The summed E-state index contributed by atoms with van der Waals surface area (Å²) in [7, 11) is 3.17. The van der Waals surface area contributed by atoms with Crippen LogP contribution in [0, 0.1) is 6.92 Å². The number of aryl methyl sites for hydroxylation is 2. The number of para-hydroxylation sites is 1. The van der Waals surface area contributed by atoms with Crippen molar-refractivity contribution >= 4 is 39.5 Å². The number of nitrogens with one attached hydrogen (secondary N) is 1. The molecule has 1 amide bonds. The highest BCUT2D eigenvalue weighted by molar-refractivity contribution is 6.05. The summed E-state index contributed by atoms with van der Waals surface area (Å²) < 4.78 is 8.28. The van der Waals surface area contributed by atoms with Crippen molar-refractivity contribution in [1.82, 2.24) is 19.3 Å². The SMILES string of the molecule is COC(=O)c1cn(CC(=O)Nc2cnc3c(c2)c(C)nn3C)c2ccccc12. The van der Waals surface area contributed by atoms with Gasteiger partial charge in [-0.05, 0) is 19.1 Å². The highest BCUT2D eigenvalue weighted by Crippen LogP contribution is 2.23. The molecule has 8 nitrogen and oxygen atoms in total. The molecule has 8 heteroatoms. The Bertz CT molecular complexity index is 1220. The standard InChI is InChI=1S/C20H19N5O3/c1-12-15-8-13(9-21-19(15)24(2)23-12)22-18(26)11-25-10-16(20(27)28-3)14-6-4-5-7-17(14)25/h4-10H,11H2,1-3H3,(H,22,26). The van der Waals surface area contributed by atoms with E-state index in [9.17, 15) is 9.59 Å². The van der Waals surface area contributed by atoms with E-state index in [4.69, 9.17) is 4.74 Å². The van der Waals surface area contributed by atoms with Crippen LogP contribution in [0.2, 0.25) is 0 Å². The van der Waals surface area contributed by atoms with Crippen LogP contribution >= 0.6 is 0 Å². The number of carbonyl (C=O) groups excluding carboxylic acids is 2. The van der Waals surface area contributed by atoms with Crippen molar-refractivity contribution in [2.24, 2.45) is 7.05 Å². The summed E-state index contributed by atoms with van der Waals surface area (Å²) in [6.45, 7) is 1.96. The molecule has 0 fully saturated rings. The molecule has 3 aromatic heterocycles. The first-order valence-corrected chi connectivity index (χ1v) is 8.73. The van der Waals surface area contributed by atoms with E-state index in [0.29, 0.717) is 11.3 Å². The Morgan fingerprint density at radius 1 is 1.21 bits per heavy atom. The van der Waals surface area contributed by atoms with Crippen molar-refractivity contribution < 1.29 is 14.3 Å². The first-order valence-electron chi connectivity index (χ1n) is 8.73. The molecule has 0 radical (unpaired) electrons. The number of ether oxygens (including phenoxy) is 1. The van der Waals surface area contributed by atoms with Crippen molar-refractivity contribution in [3.05, 3.63) is 54.0 Å². The van der Waals surface area contributed by atoms with Gasteiger partial charge in [0.1, 0.15) is 6.54 Å². The molecule has 0 aliphatic carbocycles. The van der Waals surface area contributed by atoms with E-state index in [1.807, 2.05) is 44.3 Å². The van der Waals surface area contributed by atoms with Crippen molar-refractivity contribution in [3.8, 4) is 0 Å². The fraction of sp³-hybridized carbons (Fsp3) is 0.200. The van der Waals surface area contributed by atoms with E-state index in [-0.39, 0.29) is 12.5 Å². The molecule has 0 spiro atoms. The van der Waals surface area contributed by atoms with Gasteiger partial charge in [0.2, 0.25) is 5.91 Å². The summed E-state index contributed by atoms with van der Waals surface area (Å²) in [5.41, 5.74) is 3.42. The second kappa shape index (κ2) is 6.80. The Morgan fingerprint density at radius 2 is 2.00 bits per heavy atom. The minimum atomic E-state index is -0.433. The lowest BCUT2D eigenvalue weighted by atomic mass is 10.2. The van der Waals surface area contributed by atoms with Gasteiger partial charge < -0.3 is 14.6 Å². The zero-order chi connectivity index (χ0) is 19.8. The third-order valence-electron chi connectivity index (χ3n) is 4.65. The number of benzene rings is 1. The molecule has 3 heterocycles. The number of nitrogens with zero attached hydrogens (tertiary/aromatic N) is 4. The largest absolute Gasteiger partial charge is 0.465 e. The third-order valence-corrected chi connectivity index (χ3v) is 4.65. The fourth-order valence-electron chi connectivity index (χ4n) is 3.38. The zero-order valence-electron chi connectivity index (χ0n) is 15.8. The Hall–Kier alpha value is -3.68. The van der Waals surface area contributed by atoms with E-state index in [0.717, 1.165) is 27.6 Å². The van der Waals surface area contributed by atoms with Gasteiger partial charge in [-0.25, -0.2) is 9.78 Å². The molecule has 0 bridgehead atoms. The normalized spacial score (nSPS) is 11.1. The summed E-state index contributed by atoms with van der Waals surface area (Å²) in [5.74, 6) is -0.656. The number of amides is 1. The van der Waals surface area contributed by atoms with Crippen LogP contribution in [-0.2, 0) is 23.1 Å². The first kappa shape index (κ1) is 17.7. The van der Waals surface area contributed by atoms with Gasteiger partial charge in [0.15, 0.2) is 5.65 Å². The summed E-state index contributed by atoms with van der Waals surface area (Å²) in [5, 5.41) is 8.83. The molecule has 0 saturated carbocycles. The number of anilines is 1. The van der Waals surface area contributed by atoms with E-state index in [1.165, 1.54) is 7.11 Å². The Labute approximate surface area is 160 Å². The lowest BCUT2D eigenvalue weighted by Crippen LogP contribution is -2.18. The fourth-order valence-corrected chi connectivity index (χ4v) is 3.38. The molecule has 0 aliphatic rings. The minimum Gasteiger partial charge on any atom is -0.465 e. The third kappa shape index (κ3) is 2.98. The van der Waals surface area contributed by atoms with Crippen LogP contribution in [0.5, 0.6) is 0 Å². The van der Waals surface area contributed by atoms with Crippen molar-refractivity contribution in [2.75, 3.05) is 12.4 Å². The van der Waals surface area contributed by atoms with Crippen molar-refractivity contribution in [2.45, 2.75) is 13.5 Å². The minimum absolute atomic E-state index is 0.0571. The quantitative estimate of drug-likeness (QED) is 0.552. The zero-order valence-corrected chi connectivity index (χ0v) is 15.8. The van der Waals surface area contributed by atoms with Gasteiger partial charge in [-0.2, -0.15) is 5.10 Å². The number of carbonyl (C=O) groups is 2. The monoisotopic (exact) mass is 377 g/mol. The van der Waals surface area contributed by atoms with Crippen molar-refractivity contribution in [3.63, 3.8) is 0 Å². The predicted molar refractivity (Wildman–Crippen MR) is 105 cm³/mol.